The summed E-state index contributed by atoms with van der Waals surface area (Å²) in [5, 5.41) is 0.772. The summed E-state index contributed by atoms with van der Waals surface area (Å²) in [6.45, 7) is 2.16. The number of anilines is 2. The SMILES string of the molecule is COc1cnc(OCc2nc(C)c(-c3cccc(-c4cc(F)c5c(c4)NNN5)n3)s2)nc1. The molecule has 0 radical (unpaired) electrons. The minimum atomic E-state index is -0.364. The molecule has 0 atom stereocenters. The molecule has 9 nitrogen and oxygen atoms in total. The zero-order valence-electron chi connectivity index (χ0n) is 17.1. The van der Waals surface area contributed by atoms with Crippen molar-refractivity contribution in [2.75, 3.05) is 18.0 Å². The molecule has 0 aliphatic carbocycles. The van der Waals surface area contributed by atoms with E-state index in [0.717, 1.165) is 21.3 Å². The maximum atomic E-state index is 14.4. The fraction of sp³-hybridized carbons (Fsp3) is 0.143. The van der Waals surface area contributed by atoms with E-state index in [2.05, 4.69) is 31.3 Å². The second kappa shape index (κ2) is 8.36. The highest BCUT2D eigenvalue weighted by Gasteiger charge is 2.18. The van der Waals surface area contributed by atoms with E-state index in [4.69, 9.17) is 14.5 Å². The normalized spacial score (nSPS) is 12.1. The molecule has 1 aliphatic rings. The molecule has 3 N–H and O–H groups in total. The van der Waals surface area contributed by atoms with E-state index < -0.39 is 0 Å². The first-order valence-electron chi connectivity index (χ1n) is 9.64. The summed E-state index contributed by atoms with van der Waals surface area (Å²) in [5.41, 5.74) is 12.2. The Hall–Kier alpha value is -3.83. The number of halogens is 1. The Balaban J connectivity index is 1.37. The van der Waals surface area contributed by atoms with Crippen LogP contribution in [0, 0.1) is 12.7 Å². The number of nitrogens with zero attached hydrogens (tertiary/aromatic N) is 4. The van der Waals surface area contributed by atoms with Crippen molar-refractivity contribution in [1.29, 1.82) is 0 Å². The average molecular weight is 451 g/mol. The van der Waals surface area contributed by atoms with Crippen LogP contribution in [0.3, 0.4) is 0 Å². The van der Waals surface area contributed by atoms with Crippen molar-refractivity contribution >= 4 is 22.7 Å². The summed E-state index contributed by atoms with van der Waals surface area (Å²) in [6, 6.07) is 9.20. The molecule has 32 heavy (non-hydrogen) atoms. The highest BCUT2D eigenvalue weighted by atomic mass is 32.1. The number of rotatable bonds is 6. The van der Waals surface area contributed by atoms with Crippen molar-refractivity contribution in [3.05, 3.63) is 59.2 Å². The molecule has 11 heteroatoms. The molecule has 4 heterocycles. The molecule has 0 amide bonds. The number of methoxy groups -OCH3 is 1. The predicted molar refractivity (Wildman–Crippen MR) is 119 cm³/mol. The van der Waals surface area contributed by atoms with Gasteiger partial charge in [0, 0.05) is 5.56 Å². The number of benzene rings is 1. The van der Waals surface area contributed by atoms with Crippen LogP contribution in [0.4, 0.5) is 15.8 Å². The average Bonchev–Trinajstić information content (AvgIpc) is 3.45. The number of hydrazine groups is 2. The van der Waals surface area contributed by atoms with Gasteiger partial charge in [-0.3, -0.25) is 5.43 Å². The molecule has 162 valence electrons. The lowest BCUT2D eigenvalue weighted by Crippen LogP contribution is -2.19. The van der Waals surface area contributed by atoms with E-state index >= 15 is 0 Å². The minimum Gasteiger partial charge on any atom is -0.494 e. The first kappa shape index (κ1) is 20.1. The molecule has 4 aromatic rings. The molecular formula is C21H18FN7O2S. The Labute approximate surface area is 186 Å². The lowest BCUT2D eigenvalue weighted by Gasteiger charge is -2.07. The van der Waals surface area contributed by atoms with Gasteiger partial charge >= 0.3 is 6.01 Å². The van der Waals surface area contributed by atoms with Gasteiger partial charge in [0.25, 0.3) is 0 Å². The van der Waals surface area contributed by atoms with Gasteiger partial charge in [-0.15, -0.1) is 16.9 Å². The van der Waals surface area contributed by atoms with Gasteiger partial charge in [0.05, 0.1) is 47.1 Å². The second-order valence-electron chi connectivity index (χ2n) is 6.88. The molecule has 3 aromatic heterocycles. The molecule has 0 bridgehead atoms. The molecule has 1 aliphatic heterocycles. The number of hydrogen-bond acceptors (Lipinski definition) is 10. The second-order valence-corrected chi connectivity index (χ2v) is 7.96. The van der Waals surface area contributed by atoms with Crippen molar-refractivity contribution in [2.24, 2.45) is 0 Å². The van der Waals surface area contributed by atoms with Gasteiger partial charge in [0.1, 0.15) is 17.3 Å². The molecule has 0 spiro atoms. The Kier molecular flexibility index (Phi) is 5.25. The molecule has 0 unspecified atom stereocenters. The van der Waals surface area contributed by atoms with Crippen molar-refractivity contribution < 1.29 is 13.9 Å². The zero-order valence-corrected chi connectivity index (χ0v) is 18.0. The van der Waals surface area contributed by atoms with E-state index in [0.29, 0.717) is 28.4 Å². The lowest BCUT2D eigenvalue weighted by atomic mass is 10.1. The molecular weight excluding hydrogens is 433 g/mol. The maximum absolute atomic E-state index is 14.4. The van der Waals surface area contributed by atoms with Gasteiger partial charge in [-0.25, -0.2) is 14.4 Å². The number of pyridine rings is 1. The fourth-order valence-corrected chi connectivity index (χ4v) is 4.17. The topological polar surface area (TPSA) is 106 Å². The van der Waals surface area contributed by atoms with Gasteiger partial charge < -0.3 is 14.9 Å². The summed E-state index contributed by atoms with van der Waals surface area (Å²) < 4.78 is 25.1. The zero-order chi connectivity index (χ0) is 22.1. The van der Waals surface area contributed by atoms with Gasteiger partial charge in [-0.05, 0) is 31.2 Å². The number of ether oxygens (including phenoxy) is 2. The van der Waals surface area contributed by atoms with E-state index in [1.807, 2.05) is 31.2 Å². The summed E-state index contributed by atoms with van der Waals surface area (Å²) in [6.07, 6.45) is 3.08. The third kappa shape index (κ3) is 3.90. The van der Waals surface area contributed by atoms with E-state index in [9.17, 15) is 4.39 Å². The Bertz CT molecular complexity index is 1280. The highest BCUT2D eigenvalue weighted by Crippen LogP contribution is 2.35. The van der Waals surface area contributed by atoms with Crippen molar-refractivity contribution in [3.8, 4) is 33.6 Å². The van der Waals surface area contributed by atoms with E-state index in [1.54, 1.807) is 19.5 Å². The molecule has 0 saturated carbocycles. The summed E-state index contributed by atoms with van der Waals surface area (Å²) >= 11 is 1.48. The van der Waals surface area contributed by atoms with Crippen LogP contribution in [-0.4, -0.2) is 27.0 Å². The Morgan fingerprint density at radius 1 is 1.06 bits per heavy atom. The predicted octanol–water partition coefficient (Wildman–Crippen LogP) is 3.95. The number of aromatic nitrogens is 4. The van der Waals surface area contributed by atoms with Crippen molar-refractivity contribution in [1.82, 2.24) is 25.5 Å². The summed E-state index contributed by atoms with van der Waals surface area (Å²) in [4.78, 5) is 18.4. The van der Waals surface area contributed by atoms with Crippen LogP contribution in [-0.2, 0) is 6.61 Å². The quantitative estimate of drug-likeness (QED) is 0.402. The molecule has 0 fully saturated rings. The Morgan fingerprint density at radius 2 is 1.88 bits per heavy atom. The Morgan fingerprint density at radius 3 is 2.69 bits per heavy atom. The first-order valence-corrected chi connectivity index (χ1v) is 10.5. The third-order valence-electron chi connectivity index (χ3n) is 4.76. The lowest BCUT2D eigenvalue weighted by molar-refractivity contribution is 0.278. The van der Waals surface area contributed by atoms with Gasteiger partial charge in [-0.1, -0.05) is 6.07 Å². The number of hydrogen-bond donors (Lipinski definition) is 3. The van der Waals surface area contributed by atoms with Gasteiger partial charge in [0.15, 0.2) is 11.6 Å². The molecule has 1 aromatic carbocycles. The number of thiazole rings is 1. The van der Waals surface area contributed by atoms with Crippen LogP contribution in [0.15, 0.2) is 42.7 Å². The highest BCUT2D eigenvalue weighted by molar-refractivity contribution is 7.15. The van der Waals surface area contributed by atoms with Crippen molar-refractivity contribution in [3.63, 3.8) is 0 Å². The first-order chi connectivity index (χ1) is 15.6. The van der Waals surface area contributed by atoms with Crippen LogP contribution in [0.5, 0.6) is 11.8 Å². The van der Waals surface area contributed by atoms with Gasteiger partial charge in [-0.2, -0.15) is 9.97 Å². The maximum Gasteiger partial charge on any atom is 0.316 e. The number of aryl methyl sites for hydroxylation is 1. The van der Waals surface area contributed by atoms with E-state index in [-0.39, 0.29) is 18.4 Å². The monoisotopic (exact) mass is 451 g/mol. The molecule has 5 rings (SSSR count). The standard InChI is InChI=1S/C21H18FN7O2S/c1-11-20(32-18(25-11)10-31-21-23-8-13(30-2)9-24-21)16-5-3-4-15(26-16)12-6-14(22)19-17(7-12)27-29-28-19/h3-9,27-29H,10H2,1-2H3. The summed E-state index contributed by atoms with van der Waals surface area (Å²) in [7, 11) is 1.55. The third-order valence-corrected chi connectivity index (χ3v) is 5.91. The van der Waals surface area contributed by atoms with Crippen LogP contribution in [0.25, 0.3) is 21.8 Å². The van der Waals surface area contributed by atoms with Crippen molar-refractivity contribution in [2.45, 2.75) is 13.5 Å². The largest absolute Gasteiger partial charge is 0.494 e. The molecule has 0 saturated heterocycles. The van der Waals surface area contributed by atoms with E-state index in [1.165, 1.54) is 17.4 Å². The fourth-order valence-electron chi connectivity index (χ4n) is 3.23. The van der Waals surface area contributed by atoms with Crippen LogP contribution in [0.1, 0.15) is 10.7 Å². The smallest absolute Gasteiger partial charge is 0.316 e. The van der Waals surface area contributed by atoms with Crippen LogP contribution in [0.2, 0.25) is 0 Å². The number of nitrogens with one attached hydrogen (secondary N) is 3. The number of fused-ring (bicyclic) bond motifs is 1. The van der Waals surface area contributed by atoms with Crippen LogP contribution >= 0.6 is 11.3 Å². The van der Waals surface area contributed by atoms with Gasteiger partial charge in [0.2, 0.25) is 0 Å². The minimum absolute atomic E-state index is 0.235. The van der Waals surface area contributed by atoms with Crippen LogP contribution < -0.4 is 25.9 Å². The summed E-state index contributed by atoms with van der Waals surface area (Å²) in [5.74, 6) is 0.193.